The van der Waals surface area contributed by atoms with Gasteiger partial charge in [0.2, 0.25) is 0 Å². The molecule has 1 amide bonds. The Morgan fingerprint density at radius 2 is 2.10 bits per heavy atom. The molecule has 0 aliphatic heterocycles. The van der Waals surface area contributed by atoms with E-state index in [9.17, 15) is 9.59 Å². The van der Waals surface area contributed by atoms with E-state index >= 15 is 0 Å². The normalized spacial score (nSPS) is 10.2. The van der Waals surface area contributed by atoms with Crippen LogP contribution in [0.25, 0.3) is 0 Å². The van der Waals surface area contributed by atoms with E-state index in [0.717, 1.165) is 11.3 Å². The number of methoxy groups -OCH3 is 1. The van der Waals surface area contributed by atoms with Crippen molar-refractivity contribution in [2.45, 2.75) is 13.3 Å². The van der Waals surface area contributed by atoms with Crippen molar-refractivity contribution in [3.8, 4) is 5.75 Å². The number of amides is 1. The first-order valence-corrected chi connectivity index (χ1v) is 6.95. The van der Waals surface area contributed by atoms with Gasteiger partial charge in [0.15, 0.2) is 5.13 Å². The van der Waals surface area contributed by atoms with Crippen LogP contribution in [-0.4, -0.2) is 29.1 Å². The summed E-state index contributed by atoms with van der Waals surface area (Å²) in [4.78, 5) is 27.7. The number of carbonyl (C=O) groups is 2. The molecular formula is C14H14N2O4S. The van der Waals surface area contributed by atoms with Crippen molar-refractivity contribution in [1.82, 2.24) is 4.98 Å². The quantitative estimate of drug-likeness (QED) is 0.885. The number of nitrogens with zero attached hydrogens (tertiary/aromatic N) is 1. The third-order valence-electron chi connectivity index (χ3n) is 2.78. The molecule has 110 valence electrons. The zero-order valence-corrected chi connectivity index (χ0v) is 12.4. The highest BCUT2D eigenvalue weighted by molar-refractivity contribution is 7.16. The molecule has 0 fully saturated rings. The maximum absolute atomic E-state index is 12.2. The van der Waals surface area contributed by atoms with Crippen LogP contribution in [0, 0.1) is 6.92 Å². The lowest BCUT2D eigenvalue weighted by molar-refractivity contribution is -0.136. The summed E-state index contributed by atoms with van der Waals surface area (Å²) in [6.45, 7) is 1.72. The number of hydrogen-bond donors (Lipinski definition) is 2. The van der Waals surface area contributed by atoms with Crippen LogP contribution in [0.3, 0.4) is 0 Å². The fourth-order valence-corrected chi connectivity index (χ4v) is 2.73. The number of aliphatic carboxylic acids is 1. The van der Waals surface area contributed by atoms with Gasteiger partial charge >= 0.3 is 5.97 Å². The highest BCUT2D eigenvalue weighted by Gasteiger charge is 2.16. The number of aromatic nitrogens is 1. The predicted octanol–water partition coefficient (Wildman–Crippen LogP) is 2.34. The minimum Gasteiger partial charge on any atom is -0.496 e. The molecule has 0 aliphatic carbocycles. The molecule has 7 heteroatoms. The number of thiazole rings is 1. The molecule has 1 aromatic heterocycles. The zero-order valence-electron chi connectivity index (χ0n) is 11.5. The first-order valence-electron chi connectivity index (χ1n) is 6.13. The molecule has 0 spiro atoms. The van der Waals surface area contributed by atoms with Crippen molar-refractivity contribution in [3.05, 3.63) is 40.4 Å². The number of carboxylic acid groups (broad SMARTS) is 1. The number of nitrogens with one attached hydrogen (secondary N) is 1. The third kappa shape index (κ3) is 3.57. The Morgan fingerprint density at radius 1 is 1.38 bits per heavy atom. The molecule has 0 atom stereocenters. The van der Waals surface area contributed by atoms with Crippen molar-refractivity contribution in [1.29, 1.82) is 0 Å². The number of anilines is 1. The molecular weight excluding hydrogens is 292 g/mol. The molecule has 0 saturated carbocycles. The smallest absolute Gasteiger partial charge is 0.308 e. The van der Waals surface area contributed by atoms with Gasteiger partial charge in [-0.2, -0.15) is 0 Å². The standard InChI is InChI=1S/C14H14N2O4S/c1-8-11(7-12(17)18)21-14(15-8)16-13(19)9-5-3-4-6-10(9)20-2/h3-6H,7H2,1-2H3,(H,17,18)(H,15,16,19). The fourth-order valence-electron chi connectivity index (χ4n) is 1.78. The summed E-state index contributed by atoms with van der Waals surface area (Å²) < 4.78 is 5.13. The largest absolute Gasteiger partial charge is 0.496 e. The van der Waals surface area contributed by atoms with E-state index < -0.39 is 5.97 Å². The van der Waals surface area contributed by atoms with Crippen LogP contribution in [0.2, 0.25) is 0 Å². The molecule has 1 aromatic carbocycles. The van der Waals surface area contributed by atoms with Crippen molar-refractivity contribution >= 4 is 28.3 Å². The van der Waals surface area contributed by atoms with Crippen molar-refractivity contribution in [3.63, 3.8) is 0 Å². The Bertz CT molecular complexity index is 681. The number of ether oxygens (including phenoxy) is 1. The van der Waals surface area contributed by atoms with Crippen LogP contribution in [-0.2, 0) is 11.2 Å². The first-order chi connectivity index (χ1) is 10.0. The summed E-state index contributed by atoms with van der Waals surface area (Å²) in [6.07, 6.45) is -0.103. The van der Waals surface area contributed by atoms with Crippen LogP contribution in [0.4, 0.5) is 5.13 Å². The molecule has 0 bridgehead atoms. The van der Waals surface area contributed by atoms with Gasteiger partial charge in [0.25, 0.3) is 5.91 Å². The average molecular weight is 306 g/mol. The van der Waals surface area contributed by atoms with Crippen LogP contribution >= 0.6 is 11.3 Å². The van der Waals surface area contributed by atoms with E-state index in [-0.39, 0.29) is 12.3 Å². The SMILES string of the molecule is COc1ccccc1C(=O)Nc1nc(C)c(CC(=O)O)s1. The number of para-hydroxylation sites is 1. The Morgan fingerprint density at radius 3 is 2.76 bits per heavy atom. The molecule has 0 aliphatic rings. The Balaban J connectivity index is 2.18. The molecule has 6 nitrogen and oxygen atoms in total. The van der Waals surface area contributed by atoms with Crippen LogP contribution < -0.4 is 10.1 Å². The lowest BCUT2D eigenvalue weighted by Crippen LogP contribution is -2.12. The lowest BCUT2D eigenvalue weighted by Gasteiger charge is -2.06. The van der Waals surface area contributed by atoms with Gasteiger partial charge in [-0.25, -0.2) is 4.98 Å². The van der Waals surface area contributed by atoms with Gasteiger partial charge in [-0.05, 0) is 19.1 Å². The number of rotatable bonds is 5. The Hall–Kier alpha value is -2.41. The first kappa shape index (κ1) is 15.0. The number of hydrogen-bond acceptors (Lipinski definition) is 5. The summed E-state index contributed by atoms with van der Waals surface area (Å²) in [6, 6.07) is 6.85. The zero-order chi connectivity index (χ0) is 15.4. The molecule has 21 heavy (non-hydrogen) atoms. The number of benzene rings is 1. The molecule has 0 unspecified atom stereocenters. The second-order valence-corrected chi connectivity index (χ2v) is 5.34. The topological polar surface area (TPSA) is 88.5 Å². The van der Waals surface area contributed by atoms with Crippen LogP contribution in [0.5, 0.6) is 5.75 Å². The van der Waals surface area contributed by atoms with E-state index in [0.29, 0.717) is 27.0 Å². The third-order valence-corrected chi connectivity index (χ3v) is 3.85. The lowest BCUT2D eigenvalue weighted by atomic mass is 10.2. The van der Waals surface area contributed by atoms with Crippen molar-refractivity contribution < 1.29 is 19.4 Å². The second kappa shape index (κ2) is 6.36. The van der Waals surface area contributed by atoms with Gasteiger partial charge in [0.1, 0.15) is 5.75 Å². The summed E-state index contributed by atoms with van der Waals surface area (Å²) in [7, 11) is 1.49. The maximum atomic E-state index is 12.2. The maximum Gasteiger partial charge on any atom is 0.308 e. The van der Waals surface area contributed by atoms with Crippen molar-refractivity contribution in [2.75, 3.05) is 12.4 Å². The highest BCUT2D eigenvalue weighted by Crippen LogP contribution is 2.25. The van der Waals surface area contributed by atoms with E-state index in [4.69, 9.17) is 9.84 Å². The molecule has 0 radical (unpaired) electrons. The fraction of sp³-hybridized carbons (Fsp3) is 0.214. The van der Waals surface area contributed by atoms with Gasteiger partial charge in [0.05, 0.1) is 24.8 Å². The number of carboxylic acids is 1. The van der Waals surface area contributed by atoms with E-state index in [1.54, 1.807) is 31.2 Å². The minimum absolute atomic E-state index is 0.103. The number of aryl methyl sites for hydroxylation is 1. The summed E-state index contributed by atoms with van der Waals surface area (Å²) in [5, 5.41) is 11.8. The van der Waals surface area contributed by atoms with Crippen LogP contribution in [0.1, 0.15) is 20.9 Å². The Labute approximate surface area is 125 Å². The minimum atomic E-state index is -0.927. The summed E-state index contributed by atoms with van der Waals surface area (Å²) in [5.41, 5.74) is 1.00. The van der Waals surface area contributed by atoms with Crippen LogP contribution in [0.15, 0.2) is 24.3 Å². The summed E-state index contributed by atoms with van der Waals surface area (Å²) >= 11 is 1.16. The van der Waals surface area contributed by atoms with E-state index in [1.807, 2.05) is 0 Å². The molecule has 2 rings (SSSR count). The van der Waals surface area contributed by atoms with Gasteiger partial charge in [0, 0.05) is 4.88 Å². The van der Waals surface area contributed by atoms with Gasteiger partial charge in [-0.15, -0.1) is 11.3 Å². The van der Waals surface area contributed by atoms with E-state index in [2.05, 4.69) is 10.3 Å². The number of carbonyl (C=O) groups excluding carboxylic acids is 1. The van der Waals surface area contributed by atoms with E-state index in [1.165, 1.54) is 7.11 Å². The van der Waals surface area contributed by atoms with Crippen molar-refractivity contribution in [2.24, 2.45) is 0 Å². The molecule has 2 aromatic rings. The average Bonchev–Trinajstić information content (AvgIpc) is 2.77. The van der Waals surface area contributed by atoms with Gasteiger partial charge in [-0.3, -0.25) is 14.9 Å². The highest BCUT2D eigenvalue weighted by atomic mass is 32.1. The monoisotopic (exact) mass is 306 g/mol. The predicted molar refractivity (Wildman–Crippen MR) is 79.1 cm³/mol. The Kier molecular flexibility index (Phi) is 4.54. The van der Waals surface area contributed by atoms with Gasteiger partial charge < -0.3 is 9.84 Å². The molecule has 1 heterocycles. The second-order valence-electron chi connectivity index (χ2n) is 4.25. The van der Waals surface area contributed by atoms with Gasteiger partial charge in [-0.1, -0.05) is 12.1 Å². The summed E-state index contributed by atoms with van der Waals surface area (Å²) in [5.74, 6) is -0.804. The molecule has 0 saturated heterocycles. The molecule has 2 N–H and O–H groups in total.